The summed E-state index contributed by atoms with van der Waals surface area (Å²) in [5, 5.41) is 9.59. The molecule has 0 saturated carbocycles. The molecule has 0 aliphatic carbocycles. The average Bonchev–Trinajstić information content (AvgIpc) is 3.11. The van der Waals surface area contributed by atoms with Gasteiger partial charge in [0, 0.05) is 19.3 Å². The van der Waals surface area contributed by atoms with Crippen LogP contribution in [0.5, 0.6) is 0 Å². The lowest BCUT2D eigenvalue weighted by molar-refractivity contribution is -0.887. The zero-order valence-electron chi connectivity index (χ0n) is 34.2. The number of allylic oxidation sites excluding steroid dienone is 12. The topological polar surface area (TPSA) is 99.1 Å². The van der Waals surface area contributed by atoms with Crippen molar-refractivity contribution in [3.8, 4) is 0 Å². The number of carboxylic acids is 1. The smallest absolute Gasteiger partial charge is 0.362 e. The molecule has 0 aromatic rings. The number of esters is 2. The summed E-state index contributed by atoms with van der Waals surface area (Å²) in [6.07, 6.45) is 43.8. The highest BCUT2D eigenvalue weighted by atomic mass is 16.6. The molecule has 8 heteroatoms. The predicted octanol–water partition coefficient (Wildman–Crippen LogP) is 10.8. The van der Waals surface area contributed by atoms with Crippen LogP contribution in [-0.2, 0) is 28.6 Å². The maximum absolute atomic E-state index is 12.7. The molecule has 0 aliphatic heterocycles. The molecule has 0 radical (unpaired) electrons. The van der Waals surface area contributed by atoms with Gasteiger partial charge in [-0.15, -0.1) is 0 Å². The number of ether oxygens (including phenoxy) is 3. The van der Waals surface area contributed by atoms with Crippen LogP contribution in [0.15, 0.2) is 72.9 Å². The number of nitrogens with zero attached hydrogens (tertiary/aromatic N) is 1. The minimum absolute atomic E-state index is 0.0328. The second kappa shape index (κ2) is 35.8. The Morgan fingerprint density at radius 2 is 1.15 bits per heavy atom. The van der Waals surface area contributed by atoms with Gasteiger partial charge in [-0.3, -0.25) is 9.59 Å². The molecule has 2 unspecified atom stereocenters. The number of rotatable bonds is 35. The zero-order valence-corrected chi connectivity index (χ0v) is 34.2. The maximum Gasteiger partial charge on any atom is 0.362 e. The number of carbonyl (C=O) groups excluding carboxylic acids is 2. The molecule has 8 nitrogen and oxygen atoms in total. The Hall–Kier alpha value is -3.23. The number of hydrogen-bond donors (Lipinski definition) is 1. The summed E-state index contributed by atoms with van der Waals surface area (Å²) in [5.41, 5.74) is 0. The van der Waals surface area contributed by atoms with Crippen LogP contribution >= 0.6 is 0 Å². The van der Waals surface area contributed by atoms with Crippen LogP contribution in [0, 0.1) is 0 Å². The Bertz CT molecular complexity index is 1100. The third kappa shape index (κ3) is 34.3. The molecule has 0 fully saturated rings. The Kier molecular flexibility index (Phi) is 33.6. The van der Waals surface area contributed by atoms with Gasteiger partial charge in [0.05, 0.1) is 34.4 Å². The van der Waals surface area contributed by atoms with E-state index in [1.807, 2.05) is 21.1 Å². The summed E-state index contributed by atoms with van der Waals surface area (Å²) in [5.74, 6) is -1.57. The first-order valence-electron chi connectivity index (χ1n) is 20.5. The number of hydrogen-bond acceptors (Lipinski definition) is 6. The average molecular weight is 743 g/mol. The number of carboxylic acid groups (broad SMARTS) is 1. The van der Waals surface area contributed by atoms with Gasteiger partial charge in [0.15, 0.2) is 12.1 Å². The van der Waals surface area contributed by atoms with Gasteiger partial charge in [0.25, 0.3) is 0 Å². The van der Waals surface area contributed by atoms with Crippen LogP contribution in [0.3, 0.4) is 0 Å². The van der Waals surface area contributed by atoms with Crippen molar-refractivity contribution in [3.05, 3.63) is 72.9 Å². The largest absolute Gasteiger partial charge is 0.477 e. The van der Waals surface area contributed by atoms with Crippen molar-refractivity contribution in [2.24, 2.45) is 0 Å². The maximum atomic E-state index is 12.7. The molecule has 2 atom stereocenters. The summed E-state index contributed by atoms with van der Waals surface area (Å²) < 4.78 is 17.1. The molecule has 0 aromatic heterocycles. The van der Waals surface area contributed by atoms with Crippen molar-refractivity contribution in [3.63, 3.8) is 0 Å². The normalized spacial score (nSPS) is 13.8. The molecule has 0 spiro atoms. The van der Waals surface area contributed by atoms with Crippen molar-refractivity contribution in [1.82, 2.24) is 0 Å². The summed E-state index contributed by atoms with van der Waals surface area (Å²) >= 11 is 0. The number of aliphatic carboxylic acids is 1. The molecule has 1 N–H and O–H groups in total. The third-order valence-corrected chi connectivity index (χ3v) is 8.65. The summed E-state index contributed by atoms with van der Waals surface area (Å²) in [4.78, 5) is 36.8. The van der Waals surface area contributed by atoms with Crippen molar-refractivity contribution in [2.45, 2.75) is 154 Å². The molecular formula is C45H76NO7+. The lowest BCUT2D eigenvalue weighted by Crippen LogP contribution is -2.50. The van der Waals surface area contributed by atoms with E-state index in [1.54, 1.807) is 0 Å². The molecule has 0 rings (SSSR count). The van der Waals surface area contributed by atoms with Crippen LogP contribution in [0.4, 0.5) is 0 Å². The summed E-state index contributed by atoms with van der Waals surface area (Å²) in [6.45, 7) is 4.50. The molecule has 0 bridgehead atoms. The lowest BCUT2D eigenvalue weighted by atomic mass is 10.1. The SMILES string of the molecule is CC/C=C/C/C=C/C/C=C/CCCC(=O)OCC(COCCC(C(=O)O)[N+](C)(C)C)OC(=O)CCCCCCC/C=C/C=C/C=C/CCCCCCC. The van der Waals surface area contributed by atoms with E-state index in [0.717, 1.165) is 70.6 Å². The molecule has 302 valence electrons. The number of unbranched alkanes of at least 4 members (excludes halogenated alkanes) is 11. The molecule has 0 saturated heterocycles. The molecule has 0 aliphatic rings. The lowest BCUT2D eigenvalue weighted by Gasteiger charge is -2.31. The van der Waals surface area contributed by atoms with Gasteiger partial charge in [-0.1, -0.05) is 132 Å². The molecule has 0 amide bonds. The molecule has 53 heavy (non-hydrogen) atoms. The highest BCUT2D eigenvalue weighted by Gasteiger charge is 2.31. The van der Waals surface area contributed by atoms with E-state index in [1.165, 1.54) is 32.1 Å². The number of quaternary nitrogens is 1. The van der Waals surface area contributed by atoms with Crippen molar-refractivity contribution < 1.29 is 38.2 Å². The second-order valence-electron chi connectivity index (χ2n) is 14.6. The standard InChI is InChI=1S/C45H75NO7/c1-6-8-10-12-14-16-18-19-20-21-22-23-24-26-28-30-32-34-36-44(48)53-41(39-51-38-37-42(45(49)50)46(3,4)5)40-52-43(47)35-33-31-29-27-25-17-15-13-11-9-7-2/h9,11,15,17-23,27,29,41-42H,6-8,10,12-14,16,24-26,28,30-40H2,1-5H3/p+1/b11-9+,17-15+,19-18+,21-20+,23-22+,29-27+. The highest BCUT2D eigenvalue weighted by Crippen LogP contribution is 2.12. The molecular weight excluding hydrogens is 666 g/mol. The van der Waals surface area contributed by atoms with Gasteiger partial charge in [-0.25, -0.2) is 4.79 Å². The van der Waals surface area contributed by atoms with Gasteiger partial charge >= 0.3 is 17.9 Å². The van der Waals surface area contributed by atoms with E-state index in [4.69, 9.17) is 14.2 Å². The third-order valence-electron chi connectivity index (χ3n) is 8.65. The van der Waals surface area contributed by atoms with Crippen molar-refractivity contribution >= 4 is 17.9 Å². The van der Waals surface area contributed by atoms with E-state index < -0.39 is 18.1 Å². The zero-order chi connectivity index (χ0) is 39.3. The first-order chi connectivity index (χ1) is 25.6. The van der Waals surface area contributed by atoms with E-state index in [-0.39, 0.29) is 42.7 Å². The van der Waals surface area contributed by atoms with E-state index in [9.17, 15) is 19.5 Å². The van der Waals surface area contributed by atoms with Crippen LogP contribution in [0.2, 0.25) is 0 Å². The monoisotopic (exact) mass is 743 g/mol. The molecule has 0 aromatic carbocycles. The van der Waals surface area contributed by atoms with Crippen molar-refractivity contribution in [1.29, 1.82) is 0 Å². The van der Waals surface area contributed by atoms with Crippen LogP contribution in [-0.4, -0.2) is 80.6 Å². The summed E-state index contributed by atoms with van der Waals surface area (Å²) in [6, 6.07) is -0.628. The van der Waals surface area contributed by atoms with Crippen molar-refractivity contribution in [2.75, 3.05) is 41.0 Å². The van der Waals surface area contributed by atoms with Gasteiger partial charge in [-0.05, 0) is 64.2 Å². The quantitative estimate of drug-likeness (QED) is 0.0227. The fraction of sp³-hybridized carbons (Fsp3) is 0.667. The van der Waals surface area contributed by atoms with Gasteiger partial charge in [0.1, 0.15) is 6.61 Å². The van der Waals surface area contributed by atoms with Gasteiger partial charge < -0.3 is 23.8 Å². The number of carbonyl (C=O) groups is 3. The highest BCUT2D eigenvalue weighted by molar-refractivity contribution is 5.72. The van der Waals surface area contributed by atoms with Gasteiger partial charge in [-0.2, -0.15) is 0 Å². The van der Waals surface area contributed by atoms with E-state index in [2.05, 4.69) is 86.8 Å². The summed E-state index contributed by atoms with van der Waals surface area (Å²) in [7, 11) is 5.49. The Labute approximate surface area is 323 Å². The predicted molar refractivity (Wildman–Crippen MR) is 220 cm³/mol. The number of likely N-dealkylation sites (N-methyl/N-ethyl adjacent to an activating group) is 1. The Balaban J connectivity index is 4.49. The fourth-order valence-electron chi connectivity index (χ4n) is 5.47. The first kappa shape index (κ1) is 49.8. The van der Waals surface area contributed by atoms with Crippen LogP contribution in [0.25, 0.3) is 0 Å². The molecule has 0 heterocycles. The van der Waals surface area contributed by atoms with E-state index >= 15 is 0 Å². The van der Waals surface area contributed by atoms with E-state index in [0.29, 0.717) is 19.3 Å². The van der Waals surface area contributed by atoms with Crippen LogP contribution in [0.1, 0.15) is 142 Å². The first-order valence-corrected chi connectivity index (χ1v) is 20.5. The Morgan fingerprint density at radius 3 is 1.75 bits per heavy atom. The fourth-order valence-corrected chi connectivity index (χ4v) is 5.47. The van der Waals surface area contributed by atoms with Crippen LogP contribution < -0.4 is 0 Å². The van der Waals surface area contributed by atoms with Gasteiger partial charge in [0.2, 0.25) is 0 Å². The minimum atomic E-state index is -0.889. The Morgan fingerprint density at radius 1 is 0.604 bits per heavy atom. The minimum Gasteiger partial charge on any atom is -0.477 e. The second-order valence-corrected chi connectivity index (χ2v) is 14.6.